The van der Waals surface area contributed by atoms with Gasteiger partial charge < -0.3 is 4.74 Å². The first-order valence-electron chi connectivity index (χ1n) is 8.79. The lowest BCUT2D eigenvalue weighted by Gasteiger charge is -2.07. The number of hydrogen-bond acceptors (Lipinski definition) is 3. The fraction of sp³-hybridized carbons (Fsp3) is 0.333. The molecule has 0 radical (unpaired) electrons. The van der Waals surface area contributed by atoms with E-state index >= 15 is 0 Å². The summed E-state index contributed by atoms with van der Waals surface area (Å²) in [7, 11) is 0. The van der Waals surface area contributed by atoms with Crippen LogP contribution in [0.3, 0.4) is 0 Å². The van der Waals surface area contributed by atoms with Gasteiger partial charge in [-0.2, -0.15) is 5.10 Å². The highest BCUT2D eigenvalue weighted by molar-refractivity contribution is 5.95. The van der Waals surface area contributed by atoms with Crippen LogP contribution < -0.4 is 10.2 Å². The molecule has 25 heavy (non-hydrogen) atoms. The van der Waals surface area contributed by atoms with Crippen LogP contribution in [0, 0.1) is 0 Å². The minimum absolute atomic E-state index is 0.204. The number of benzene rings is 2. The van der Waals surface area contributed by atoms with Gasteiger partial charge in [0.1, 0.15) is 12.4 Å². The molecule has 132 valence electrons. The number of carbonyl (C=O) groups excluding carboxylic acids is 1. The predicted molar refractivity (Wildman–Crippen MR) is 102 cm³/mol. The Morgan fingerprint density at radius 3 is 2.44 bits per heavy atom. The minimum atomic E-state index is -0.204. The van der Waals surface area contributed by atoms with Crippen LogP contribution in [-0.2, 0) is 6.61 Å². The highest BCUT2D eigenvalue weighted by atomic mass is 16.5. The van der Waals surface area contributed by atoms with E-state index in [-0.39, 0.29) is 5.91 Å². The van der Waals surface area contributed by atoms with Crippen molar-refractivity contribution in [1.82, 2.24) is 5.43 Å². The molecule has 4 nitrogen and oxygen atoms in total. The average molecular weight is 338 g/mol. The molecule has 4 heteroatoms. The monoisotopic (exact) mass is 338 g/mol. The zero-order valence-electron chi connectivity index (χ0n) is 15.0. The van der Waals surface area contributed by atoms with E-state index in [4.69, 9.17) is 4.74 Å². The van der Waals surface area contributed by atoms with Gasteiger partial charge in [-0.3, -0.25) is 4.79 Å². The number of ether oxygens (including phenoxy) is 1. The molecule has 1 N–H and O–H groups in total. The number of hydrogen-bond donors (Lipinski definition) is 1. The first-order valence-corrected chi connectivity index (χ1v) is 8.79. The zero-order chi connectivity index (χ0) is 17.9. The van der Waals surface area contributed by atoms with Gasteiger partial charge in [0.25, 0.3) is 5.91 Å². The molecule has 0 saturated carbocycles. The largest absolute Gasteiger partial charge is 0.489 e. The molecular weight excluding hydrogens is 312 g/mol. The molecule has 1 amide bonds. The van der Waals surface area contributed by atoms with E-state index in [0.717, 1.165) is 29.9 Å². The van der Waals surface area contributed by atoms with Crippen molar-refractivity contribution in [2.24, 2.45) is 5.10 Å². The van der Waals surface area contributed by atoms with Crippen molar-refractivity contribution >= 4 is 11.6 Å². The molecule has 0 fully saturated rings. The third-order valence-electron chi connectivity index (χ3n) is 3.86. The van der Waals surface area contributed by atoms with Crippen molar-refractivity contribution in [1.29, 1.82) is 0 Å². The van der Waals surface area contributed by atoms with Crippen LogP contribution in [-0.4, -0.2) is 11.6 Å². The first-order chi connectivity index (χ1) is 12.2. The van der Waals surface area contributed by atoms with Gasteiger partial charge >= 0.3 is 0 Å². The second-order valence-electron chi connectivity index (χ2n) is 6.04. The van der Waals surface area contributed by atoms with Crippen LogP contribution in [0.5, 0.6) is 5.75 Å². The Morgan fingerprint density at radius 1 is 1.04 bits per heavy atom. The van der Waals surface area contributed by atoms with E-state index in [9.17, 15) is 4.79 Å². The number of amides is 1. The second kappa shape index (κ2) is 10.3. The molecule has 2 aromatic carbocycles. The van der Waals surface area contributed by atoms with Gasteiger partial charge in [0.2, 0.25) is 0 Å². The topological polar surface area (TPSA) is 50.7 Å². The lowest BCUT2D eigenvalue weighted by molar-refractivity contribution is 0.0954. The average Bonchev–Trinajstić information content (AvgIpc) is 2.66. The Morgan fingerprint density at radius 2 is 1.76 bits per heavy atom. The van der Waals surface area contributed by atoms with Crippen LogP contribution in [0.4, 0.5) is 0 Å². The Hall–Kier alpha value is -2.62. The van der Waals surface area contributed by atoms with E-state index in [1.54, 1.807) is 24.3 Å². The summed E-state index contributed by atoms with van der Waals surface area (Å²) >= 11 is 0. The summed E-state index contributed by atoms with van der Waals surface area (Å²) in [6, 6.07) is 17.1. The molecule has 0 spiro atoms. The van der Waals surface area contributed by atoms with Gasteiger partial charge in [-0.15, -0.1) is 0 Å². The SMILES string of the molecule is CCCCC/C(C)=N/NC(=O)c1ccc(OCc2ccccc2)cc1. The zero-order valence-corrected chi connectivity index (χ0v) is 15.0. The smallest absolute Gasteiger partial charge is 0.271 e. The summed E-state index contributed by atoms with van der Waals surface area (Å²) in [5.41, 5.74) is 5.24. The molecule has 0 aliphatic rings. The van der Waals surface area contributed by atoms with Crippen LogP contribution >= 0.6 is 0 Å². The Kier molecular flexibility index (Phi) is 7.70. The Bertz CT molecular complexity index is 679. The van der Waals surface area contributed by atoms with E-state index in [2.05, 4.69) is 17.5 Å². The molecule has 0 heterocycles. The summed E-state index contributed by atoms with van der Waals surface area (Å²) in [6.07, 6.45) is 4.39. The lowest BCUT2D eigenvalue weighted by Crippen LogP contribution is -2.19. The number of nitrogens with one attached hydrogen (secondary N) is 1. The summed E-state index contributed by atoms with van der Waals surface area (Å²) in [5.74, 6) is 0.532. The standard InChI is InChI=1S/C21H26N2O2/c1-3-4-6-9-17(2)22-23-21(24)19-12-14-20(15-13-19)25-16-18-10-7-5-8-11-18/h5,7-8,10-15H,3-4,6,9,16H2,1-2H3,(H,23,24)/b22-17+. The molecule has 2 aromatic rings. The van der Waals surface area contributed by atoms with E-state index in [1.165, 1.54) is 12.8 Å². The Labute approximate surface area is 149 Å². The summed E-state index contributed by atoms with van der Waals surface area (Å²) in [4.78, 5) is 12.1. The summed E-state index contributed by atoms with van der Waals surface area (Å²) in [5, 5.41) is 4.16. The number of unbranched alkanes of at least 4 members (excludes halogenated alkanes) is 2. The van der Waals surface area contributed by atoms with E-state index < -0.39 is 0 Å². The maximum Gasteiger partial charge on any atom is 0.271 e. The molecule has 0 unspecified atom stereocenters. The molecule has 0 aliphatic heterocycles. The van der Waals surface area contributed by atoms with Gasteiger partial charge in [0, 0.05) is 11.3 Å². The van der Waals surface area contributed by atoms with Crippen molar-refractivity contribution in [2.45, 2.75) is 46.1 Å². The third-order valence-corrected chi connectivity index (χ3v) is 3.86. The number of carbonyl (C=O) groups is 1. The number of nitrogens with zero attached hydrogens (tertiary/aromatic N) is 1. The molecule has 0 bridgehead atoms. The first kappa shape index (κ1) is 18.7. The van der Waals surface area contributed by atoms with Gasteiger partial charge in [-0.1, -0.05) is 50.1 Å². The van der Waals surface area contributed by atoms with Crippen LogP contribution in [0.2, 0.25) is 0 Å². The molecule has 0 aromatic heterocycles. The molecule has 2 rings (SSSR count). The van der Waals surface area contributed by atoms with Gasteiger partial charge in [0.05, 0.1) is 0 Å². The highest BCUT2D eigenvalue weighted by Gasteiger charge is 2.05. The second-order valence-corrected chi connectivity index (χ2v) is 6.04. The quantitative estimate of drug-likeness (QED) is 0.399. The summed E-state index contributed by atoms with van der Waals surface area (Å²) in [6.45, 7) is 4.62. The molecule has 0 aliphatic carbocycles. The molecule has 0 saturated heterocycles. The lowest BCUT2D eigenvalue weighted by atomic mass is 10.1. The fourth-order valence-corrected chi connectivity index (χ4v) is 2.34. The molecular formula is C21H26N2O2. The highest BCUT2D eigenvalue weighted by Crippen LogP contribution is 2.14. The van der Waals surface area contributed by atoms with Crippen molar-refractivity contribution in [3.8, 4) is 5.75 Å². The van der Waals surface area contributed by atoms with Crippen molar-refractivity contribution in [2.75, 3.05) is 0 Å². The van der Waals surface area contributed by atoms with Crippen LogP contribution in [0.15, 0.2) is 59.7 Å². The van der Waals surface area contributed by atoms with E-state index in [1.807, 2.05) is 37.3 Å². The Balaban J connectivity index is 1.82. The van der Waals surface area contributed by atoms with Crippen LogP contribution in [0.25, 0.3) is 0 Å². The maximum absolute atomic E-state index is 12.1. The van der Waals surface area contributed by atoms with Gasteiger partial charge in [-0.05, 0) is 49.6 Å². The third kappa shape index (κ3) is 6.79. The maximum atomic E-state index is 12.1. The number of hydrazone groups is 1. The normalized spacial score (nSPS) is 11.2. The molecule has 0 atom stereocenters. The van der Waals surface area contributed by atoms with E-state index in [0.29, 0.717) is 12.2 Å². The van der Waals surface area contributed by atoms with Gasteiger partial charge in [-0.25, -0.2) is 5.43 Å². The van der Waals surface area contributed by atoms with Crippen molar-refractivity contribution in [3.05, 3.63) is 65.7 Å². The van der Waals surface area contributed by atoms with Gasteiger partial charge in [0.15, 0.2) is 0 Å². The van der Waals surface area contributed by atoms with Crippen LogP contribution in [0.1, 0.15) is 55.5 Å². The fourth-order valence-electron chi connectivity index (χ4n) is 2.34. The summed E-state index contributed by atoms with van der Waals surface area (Å²) < 4.78 is 5.72. The van der Waals surface area contributed by atoms with Crippen molar-refractivity contribution < 1.29 is 9.53 Å². The number of rotatable bonds is 9. The minimum Gasteiger partial charge on any atom is -0.489 e. The van der Waals surface area contributed by atoms with Crippen molar-refractivity contribution in [3.63, 3.8) is 0 Å². The predicted octanol–water partition coefficient (Wildman–Crippen LogP) is 4.95.